The summed E-state index contributed by atoms with van der Waals surface area (Å²) in [6.45, 7) is 4.00. The molecule has 1 unspecified atom stereocenters. The van der Waals surface area contributed by atoms with Gasteiger partial charge in [0.15, 0.2) is 0 Å². The molecule has 1 aliphatic rings. The Balaban J connectivity index is 1.68. The Bertz CT molecular complexity index is 657. The number of pyridine rings is 1. The fraction of sp³-hybridized carbons (Fsp3) is 0.471. The monoisotopic (exact) mass is 312 g/mol. The summed E-state index contributed by atoms with van der Waals surface area (Å²) in [4.78, 5) is 17.8. The largest absolute Gasteiger partial charge is 0.363 e. The molecule has 23 heavy (non-hydrogen) atoms. The Kier molecular flexibility index (Phi) is 4.60. The second kappa shape index (κ2) is 6.81. The van der Waals surface area contributed by atoms with Crippen LogP contribution >= 0.6 is 0 Å². The van der Waals surface area contributed by atoms with Crippen molar-refractivity contribution in [1.29, 1.82) is 0 Å². The van der Waals surface area contributed by atoms with Crippen LogP contribution in [0.2, 0.25) is 0 Å². The van der Waals surface area contributed by atoms with Crippen molar-refractivity contribution in [3.8, 4) is 0 Å². The molecule has 3 rings (SSSR count). The third-order valence-corrected chi connectivity index (χ3v) is 4.05. The van der Waals surface area contributed by atoms with Gasteiger partial charge in [-0.1, -0.05) is 6.07 Å². The van der Waals surface area contributed by atoms with Crippen LogP contribution in [0.1, 0.15) is 18.5 Å². The smallest absolute Gasteiger partial charge is 0.224 e. The average Bonchev–Trinajstić information content (AvgIpc) is 2.55. The highest BCUT2D eigenvalue weighted by Gasteiger charge is 2.21. The topological polar surface area (TPSA) is 57.2 Å². The van der Waals surface area contributed by atoms with Gasteiger partial charge >= 0.3 is 0 Å². The van der Waals surface area contributed by atoms with Crippen LogP contribution in [0.5, 0.6) is 0 Å². The molecule has 0 radical (unpaired) electrons. The fourth-order valence-electron chi connectivity index (χ4n) is 2.86. The molecule has 1 N–H and O–H groups in total. The summed E-state index contributed by atoms with van der Waals surface area (Å²) >= 11 is 0. The van der Waals surface area contributed by atoms with E-state index in [4.69, 9.17) is 0 Å². The number of nitrogens with one attached hydrogen (secondary N) is 1. The summed E-state index contributed by atoms with van der Waals surface area (Å²) in [5.74, 6) is 2.66. The van der Waals surface area contributed by atoms with Crippen molar-refractivity contribution in [3.05, 3.63) is 36.2 Å². The molecule has 2 aromatic rings. The van der Waals surface area contributed by atoms with Crippen LogP contribution in [0.15, 0.2) is 30.5 Å². The van der Waals surface area contributed by atoms with Crippen LogP contribution in [0.3, 0.4) is 0 Å². The van der Waals surface area contributed by atoms with Crippen LogP contribution in [0, 0.1) is 6.92 Å². The second-order valence-corrected chi connectivity index (χ2v) is 6.20. The van der Waals surface area contributed by atoms with Crippen LogP contribution in [0.25, 0.3) is 0 Å². The van der Waals surface area contributed by atoms with Gasteiger partial charge in [0.1, 0.15) is 11.6 Å². The molecular formula is C17H24N6. The van der Waals surface area contributed by atoms with Gasteiger partial charge in [-0.05, 0) is 38.0 Å². The van der Waals surface area contributed by atoms with E-state index in [2.05, 4.69) is 37.3 Å². The molecule has 0 amide bonds. The van der Waals surface area contributed by atoms with Gasteiger partial charge in [-0.2, -0.15) is 4.98 Å². The molecule has 0 saturated carbocycles. The van der Waals surface area contributed by atoms with Gasteiger partial charge in [-0.15, -0.1) is 0 Å². The first-order valence-electron chi connectivity index (χ1n) is 8.07. The Labute approximate surface area is 137 Å². The second-order valence-electron chi connectivity index (χ2n) is 6.20. The van der Waals surface area contributed by atoms with Crippen molar-refractivity contribution < 1.29 is 0 Å². The zero-order chi connectivity index (χ0) is 16.2. The first-order valence-corrected chi connectivity index (χ1v) is 8.07. The maximum Gasteiger partial charge on any atom is 0.224 e. The van der Waals surface area contributed by atoms with Crippen molar-refractivity contribution in [1.82, 2.24) is 15.0 Å². The molecule has 6 heteroatoms. The highest BCUT2D eigenvalue weighted by atomic mass is 15.2. The number of rotatable bonds is 4. The predicted molar refractivity (Wildman–Crippen MR) is 94.2 cm³/mol. The lowest BCUT2D eigenvalue weighted by Gasteiger charge is -2.34. The number of piperidine rings is 1. The predicted octanol–water partition coefficient (Wildman–Crippen LogP) is 2.33. The molecule has 1 fully saturated rings. The van der Waals surface area contributed by atoms with E-state index in [-0.39, 0.29) is 0 Å². The molecule has 0 bridgehead atoms. The minimum Gasteiger partial charge on any atom is -0.363 e. The molecule has 0 aliphatic carbocycles. The minimum atomic E-state index is 0.337. The van der Waals surface area contributed by atoms with Crippen molar-refractivity contribution in [3.63, 3.8) is 0 Å². The zero-order valence-electron chi connectivity index (χ0n) is 14.0. The summed E-state index contributed by atoms with van der Waals surface area (Å²) in [5.41, 5.74) is 1.06. The number of hydrogen-bond acceptors (Lipinski definition) is 6. The number of nitrogens with zero attached hydrogens (tertiary/aromatic N) is 5. The SMILES string of the molecule is Cc1cccc(N2CCCC(Nc3nccc(N(C)C)n3)C2)n1. The van der Waals surface area contributed by atoms with Gasteiger partial charge in [0.2, 0.25) is 5.95 Å². The molecule has 1 aliphatic heterocycles. The number of aromatic nitrogens is 3. The van der Waals surface area contributed by atoms with E-state index in [1.807, 2.05) is 38.1 Å². The van der Waals surface area contributed by atoms with E-state index in [9.17, 15) is 0 Å². The van der Waals surface area contributed by atoms with Gasteiger partial charge < -0.3 is 15.1 Å². The van der Waals surface area contributed by atoms with E-state index in [1.165, 1.54) is 0 Å². The first kappa shape index (κ1) is 15.5. The van der Waals surface area contributed by atoms with Crippen molar-refractivity contribution >= 4 is 17.6 Å². The van der Waals surface area contributed by atoms with Gasteiger partial charge in [0.05, 0.1) is 0 Å². The number of aryl methyl sites for hydroxylation is 1. The Morgan fingerprint density at radius 1 is 1.22 bits per heavy atom. The molecule has 0 spiro atoms. The molecular weight excluding hydrogens is 288 g/mol. The highest BCUT2D eigenvalue weighted by molar-refractivity contribution is 5.43. The zero-order valence-corrected chi connectivity index (χ0v) is 14.0. The quantitative estimate of drug-likeness (QED) is 0.935. The van der Waals surface area contributed by atoms with Crippen molar-refractivity contribution in [2.75, 3.05) is 42.3 Å². The van der Waals surface area contributed by atoms with Gasteiger partial charge in [0.25, 0.3) is 0 Å². The van der Waals surface area contributed by atoms with Crippen LogP contribution in [-0.2, 0) is 0 Å². The molecule has 1 atom stereocenters. The number of hydrogen-bond donors (Lipinski definition) is 1. The van der Waals surface area contributed by atoms with Crippen molar-refractivity contribution in [2.45, 2.75) is 25.8 Å². The Morgan fingerprint density at radius 3 is 2.87 bits per heavy atom. The lowest BCUT2D eigenvalue weighted by molar-refractivity contribution is 0.524. The van der Waals surface area contributed by atoms with Crippen LogP contribution in [0.4, 0.5) is 17.6 Å². The minimum absolute atomic E-state index is 0.337. The summed E-state index contributed by atoms with van der Waals surface area (Å²) in [6, 6.07) is 8.43. The van der Waals surface area contributed by atoms with E-state index < -0.39 is 0 Å². The van der Waals surface area contributed by atoms with Gasteiger partial charge in [-0.3, -0.25) is 0 Å². The lowest BCUT2D eigenvalue weighted by atomic mass is 10.1. The molecule has 1 saturated heterocycles. The van der Waals surface area contributed by atoms with Gasteiger partial charge in [0, 0.05) is 45.1 Å². The van der Waals surface area contributed by atoms with E-state index >= 15 is 0 Å². The molecule has 122 valence electrons. The average molecular weight is 312 g/mol. The molecule has 3 heterocycles. The van der Waals surface area contributed by atoms with Crippen molar-refractivity contribution in [2.24, 2.45) is 0 Å². The van der Waals surface area contributed by atoms with Gasteiger partial charge in [-0.25, -0.2) is 9.97 Å². The third-order valence-electron chi connectivity index (χ3n) is 4.05. The summed E-state index contributed by atoms with van der Waals surface area (Å²) in [5, 5.41) is 3.47. The fourth-order valence-corrected chi connectivity index (χ4v) is 2.86. The summed E-state index contributed by atoms with van der Waals surface area (Å²) in [6.07, 6.45) is 4.06. The van der Waals surface area contributed by atoms with Crippen LogP contribution in [-0.4, -0.2) is 48.2 Å². The standard InChI is InChI=1S/C17H24N6/c1-13-6-4-8-16(19-13)23-11-5-7-14(12-23)20-17-18-10-9-15(21-17)22(2)3/h4,6,8-10,14H,5,7,11-12H2,1-3H3,(H,18,20,21). The Morgan fingerprint density at radius 2 is 2.09 bits per heavy atom. The maximum atomic E-state index is 4.64. The molecule has 6 nitrogen and oxygen atoms in total. The van der Waals surface area contributed by atoms with E-state index in [1.54, 1.807) is 6.20 Å². The van der Waals surface area contributed by atoms with E-state index in [0.717, 1.165) is 43.3 Å². The summed E-state index contributed by atoms with van der Waals surface area (Å²) in [7, 11) is 3.97. The Hall–Kier alpha value is -2.37. The normalized spacial score (nSPS) is 17.9. The first-order chi connectivity index (χ1) is 11.1. The lowest BCUT2D eigenvalue weighted by Crippen LogP contribution is -2.42. The molecule has 2 aromatic heterocycles. The summed E-state index contributed by atoms with van der Waals surface area (Å²) < 4.78 is 0. The maximum absolute atomic E-state index is 4.64. The number of anilines is 3. The highest BCUT2D eigenvalue weighted by Crippen LogP contribution is 2.20. The van der Waals surface area contributed by atoms with E-state index in [0.29, 0.717) is 12.0 Å². The third kappa shape index (κ3) is 3.88. The van der Waals surface area contributed by atoms with Crippen LogP contribution < -0.4 is 15.1 Å². The molecule has 0 aromatic carbocycles.